The number of nitrogens with zero attached hydrogens (tertiary/aromatic N) is 1. The fourth-order valence-electron chi connectivity index (χ4n) is 2.22. The van der Waals surface area contributed by atoms with Crippen molar-refractivity contribution in [2.45, 2.75) is 26.1 Å². The number of aromatic nitrogens is 1. The van der Waals surface area contributed by atoms with Crippen LogP contribution >= 0.6 is 0 Å². The van der Waals surface area contributed by atoms with Crippen LogP contribution in [-0.2, 0) is 16.1 Å². The van der Waals surface area contributed by atoms with E-state index in [0.717, 1.165) is 11.3 Å². The zero-order valence-corrected chi connectivity index (χ0v) is 13.8. The number of hydrogen-bond acceptors (Lipinski definition) is 5. The molecule has 0 aliphatic carbocycles. The number of ether oxygens (including phenoxy) is 3. The lowest BCUT2D eigenvalue weighted by Gasteiger charge is -2.16. The molecule has 1 heterocycles. The molecule has 1 aromatic carbocycles. The van der Waals surface area contributed by atoms with E-state index in [2.05, 4.69) is 4.98 Å². The second-order valence-electron chi connectivity index (χ2n) is 5.07. The Bertz CT molecular complexity index is 657. The van der Waals surface area contributed by atoms with Gasteiger partial charge in [0.25, 0.3) is 0 Å². The number of rotatable bonds is 9. The van der Waals surface area contributed by atoms with Crippen molar-refractivity contribution in [2.75, 3.05) is 13.7 Å². The number of benzene rings is 1. The molecule has 128 valence electrons. The summed E-state index contributed by atoms with van der Waals surface area (Å²) in [6.07, 6.45) is -0.525. The molecule has 1 aromatic heterocycles. The molecule has 2 rings (SSSR count). The van der Waals surface area contributed by atoms with Gasteiger partial charge in [0.05, 0.1) is 25.3 Å². The molecule has 6 nitrogen and oxygen atoms in total. The Kier molecular flexibility index (Phi) is 6.57. The number of carbonyl (C=O) groups is 1. The summed E-state index contributed by atoms with van der Waals surface area (Å²) in [7, 11) is 1.57. The summed E-state index contributed by atoms with van der Waals surface area (Å²) >= 11 is 0. The third-order valence-corrected chi connectivity index (χ3v) is 3.36. The van der Waals surface area contributed by atoms with E-state index in [-0.39, 0.29) is 6.42 Å². The van der Waals surface area contributed by atoms with Gasteiger partial charge in [-0.05, 0) is 30.7 Å². The number of hydrogen-bond donors (Lipinski definition) is 1. The average molecular weight is 331 g/mol. The van der Waals surface area contributed by atoms with Crippen LogP contribution in [0.25, 0.3) is 0 Å². The van der Waals surface area contributed by atoms with Crippen molar-refractivity contribution in [3.8, 4) is 11.6 Å². The number of pyridine rings is 1. The van der Waals surface area contributed by atoms with Gasteiger partial charge in [0.15, 0.2) is 0 Å². The summed E-state index contributed by atoms with van der Waals surface area (Å²) in [5.74, 6) is 0.325. The minimum atomic E-state index is -0.891. The van der Waals surface area contributed by atoms with E-state index in [1.54, 1.807) is 25.3 Å². The van der Waals surface area contributed by atoms with Gasteiger partial charge in [-0.15, -0.1) is 0 Å². The molecule has 0 saturated heterocycles. The third kappa shape index (κ3) is 5.24. The maximum absolute atomic E-state index is 10.9. The number of carboxylic acids is 1. The number of methoxy groups -OCH3 is 1. The summed E-state index contributed by atoms with van der Waals surface area (Å²) < 4.78 is 16.3. The Labute approximate surface area is 141 Å². The predicted octanol–water partition coefficient (Wildman–Crippen LogP) is 3.22. The van der Waals surface area contributed by atoms with Gasteiger partial charge in [-0.2, -0.15) is 0 Å². The molecule has 0 spiro atoms. The van der Waals surface area contributed by atoms with Crippen molar-refractivity contribution >= 4 is 5.97 Å². The zero-order chi connectivity index (χ0) is 17.4. The minimum absolute atomic E-state index is 0.0677. The normalized spacial score (nSPS) is 11.8. The van der Waals surface area contributed by atoms with Gasteiger partial charge in [-0.25, -0.2) is 4.98 Å². The Hall–Kier alpha value is -2.60. The Morgan fingerprint density at radius 1 is 1.21 bits per heavy atom. The van der Waals surface area contributed by atoms with Crippen molar-refractivity contribution in [1.29, 1.82) is 0 Å². The maximum atomic E-state index is 10.9. The molecule has 0 aliphatic rings. The Balaban J connectivity index is 1.98. The van der Waals surface area contributed by atoms with Crippen molar-refractivity contribution in [3.63, 3.8) is 0 Å². The van der Waals surface area contributed by atoms with Crippen LogP contribution < -0.4 is 9.47 Å². The topological polar surface area (TPSA) is 77.9 Å². The largest absolute Gasteiger partial charge is 0.487 e. The maximum Gasteiger partial charge on any atom is 0.306 e. The quantitative estimate of drug-likeness (QED) is 0.760. The second-order valence-corrected chi connectivity index (χ2v) is 5.07. The molecule has 0 fully saturated rings. The Morgan fingerprint density at radius 2 is 1.96 bits per heavy atom. The summed E-state index contributed by atoms with van der Waals surface area (Å²) in [6, 6.07) is 12.7. The summed E-state index contributed by atoms with van der Waals surface area (Å²) in [6.45, 7) is 2.62. The monoisotopic (exact) mass is 331 g/mol. The molecule has 6 heteroatoms. The summed E-state index contributed by atoms with van der Waals surface area (Å²) in [5.41, 5.74) is 1.57. The zero-order valence-electron chi connectivity index (χ0n) is 13.8. The smallest absolute Gasteiger partial charge is 0.306 e. The van der Waals surface area contributed by atoms with Gasteiger partial charge in [0.1, 0.15) is 12.4 Å². The lowest BCUT2D eigenvalue weighted by atomic mass is 10.1. The molecule has 0 saturated carbocycles. The van der Waals surface area contributed by atoms with Crippen LogP contribution in [0.3, 0.4) is 0 Å². The van der Waals surface area contributed by atoms with Crippen LogP contribution in [0.4, 0.5) is 0 Å². The van der Waals surface area contributed by atoms with Crippen molar-refractivity contribution in [2.24, 2.45) is 0 Å². The van der Waals surface area contributed by atoms with E-state index in [1.807, 2.05) is 31.2 Å². The number of carboxylic acid groups (broad SMARTS) is 1. The molecule has 0 amide bonds. The molecule has 0 radical (unpaired) electrons. The number of aliphatic carboxylic acids is 1. The fraction of sp³-hybridized carbons (Fsp3) is 0.333. The van der Waals surface area contributed by atoms with Crippen LogP contribution in [0.5, 0.6) is 11.6 Å². The fourth-order valence-corrected chi connectivity index (χ4v) is 2.22. The predicted molar refractivity (Wildman–Crippen MR) is 88.2 cm³/mol. The average Bonchev–Trinajstić information content (AvgIpc) is 2.60. The van der Waals surface area contributed by atoms with Crippen molar-refractivity contribution < 1.29 is 24.1 Å². The summed E-state index contributed by atoms with van der Waals surface area (Å²) in [4.78, 5) is 15.2. The van der Waals surface area contributed by atoms with Crippen molar-refractivity contribution in [1.82, 2.24) is 4.98 Å². The molecular formula is C18H21NO5. The lowest BCUT2D eigenvalue weighted by Crippen LogP contribution is -2.10. The first-order chi connectivity index (χ1) is 11.6. The molecule has 0 unspecified atom stereocenters. The van der Waals surface area contributed by atoms with Gasteiger partial charge in [0.2, 0.25) is 5.88 Å². The Morgan fingerprint density at radius 3 is 2.58 bits per heavy atom. The summed E-state index contributed by atoms with van der Waals surface area (Å²) in [5, 5.41) is 8.96. The second kappa shape index (κ2) is 8.88. The first kappa shape index (κ1) is 17.7. The first-order valence-corrected chi connectivity index (χ1v) is 7.68. The molecule has 2 aromatic rings. The van der Waals surface area contributed by atoms with Crippen LogP contribution in [0.2, 0.25) is 0 Å². The highest BCUT2D eigenvalue weighted by Gasteiger charge is 2.15. The molecule has 1 N–H and O–H groups in total. The first-order valence-electron chi connectivity index (χ1n) is 7.68. The van der Waals surface area contributed by atoms with Gasteiger partial charge in [0, 0.05) is 12.7 Å². The van der Waals surface area contributed by atoms with Gasteiger partial charge < -0.3 is 19.3 Å². The third-order valence-electron chi connectivity index (χ3n) is 3.36. The van der Waals surface area contributed by atoms with Crippen LogP contribution in [-0.4, -0.2) is 29.8 Å². The van der Waals surface area contributed by atoms with Gasteiger partial charge in [-0.1, -0.05) is 18.2 Å². The van der Waals surface area contributed by atoms with Crippen molar-refractivity contribution in [3.05, 3.63) is 53.7 Å². The van der Waals surface area contributed by atoms with E-state index in [4.69, 9.17) is 19.3 Å². The van der Waals surface area contributed by atoms with Crippen LogP contribution in [0.15, 0.2) is 42.5 Å². The van der Waals surface area contributed by atoms with Gasteiger partial charge in [-0.3, -0.25) is 4.79 Å². The van der Waals surface area contributed by atoms with Crippen LogP contribution in [0, 0.1) is 0 Å². The lowest BCUT2D eigenvalue weighted by molar-refractivity contribution is -0.140. The molecular weight excluding hydrogens is 310 g/mol. The van der Waals surface area contributed by atoms with Gasteiger partial charge >= 0.3 is 5.97 Å². The van der Waals surface area contributed by atoms with Crippen LogP contribution in [0.1, 0.15) is 30.7 Å². The highest BCUT2D eigenvalue weighted by molar-refractivity contribution is 5.67. The van der Waals surface area contributed by atoms with E-state index in [9.17, 15) is 4.79 Å². The minimum Gasteiger partial charge on any atom is -0.487 e. The van der Waals surface area contributed by atoms with E-state index in [1.165, 1.54) is 0 Å². The van der Waals surface area contributed by atoms with E-state index < -0.39 is 12.1 Å². The van der Waals surface area contributed by atoms with E-state index >= 15 is 0 Å². The highest BCUT2D eigenvalue weighted by atomic mass is 16.5. The standard InChI is InChI=1S/C18H21NO5/c1-3-23-16(11-18(20)21)13-7-9-15(10-8-13)24-12-14-5-4-6-17(19-14)22-2/h4-10,16H,3,11-12H2,1-2H3,(H,20,21)/t16-/m1/s1. The van der Waals surface area contributed by atoms with E-state index in [0.29, 0.717) is 24.8 Å². The SMILES string of the molecule is CCO[C@H](CC(=O)O)c1ccc(OCc2cccc(OC)n2)cc1. The molecule has 1 atom stereocenters. The molecule has 24 heavy (non-hydrogen) atoms. The molecule has 0 aliphatic heterocycles. The molecule has 0 bridgehead atoms. The highest BCUT2D eigenvalue weighted by Crippen LogP contribution is 2.24.